The van der Waals surface area contributed by atoms with Gasteiger partial charge in [0.2, 0.25) is 0 Å². The van der Waals surface area contributed by atoms with E-state index in [1.165, 1.54) is 24.3 Å². The van der Waals surface area contributed by atoms with Crippen molar-refractivity contribution in [3.8, 4) is 0 Å². The monoisotopic (exact) mass is 370 g/mol. The maximum atomic E-state index is 11.8. The average Bonchev–Trinajstić information content (AvgIpc) is 2.72. The van der Waals surface area contributed by atoms with Crippen LogP contribution in [0, 0.1) is 0 Å². The Morgan fingerprint density at radius 2 is 0.926 bits per heavy atom. The molecule has 0 aliphatic carbocycles. The van der Waals surface area contributed by atoms with Crippen LogP contribution in [0.2, 0.25) is 0 Å². The molecule has 2 aromatic rings. The van der Waals surface area contributed by atoms with E-state index in [9.17, 15) is 19.2 Å². The van der Waals surface area contributed by atoms with Gasteiger partial charge in [0.1, 0.15) is 13.2 Å². The number of benzene rings is 2. The van der Waals surface area contributed by atoms with Crippen molar-refractivity contribution in [1.82, 2.24) is 0 Å². The minimum Gasteiger partial charge on any atom is -0.457 e. The highest BCUT2D eigenvalue weighted by molar-refractivity contribution is 6.41. The first-order chi connectivity index (χ1) is 13.1. The molecule has 27 heavy (non-hydrogen) atoms. The van der Waals surface area contributed by atoms with Crippen molar-refractivity contribution in [3.63, 3.8) is 0 Å². The van der Waals surface area contributed by atoms with Gasteiger partial charge in [-0.3, -0.25) is 9.59 Å². The van der Waals surface area contributed by atoms with Crippen molar-refractivity contribution in [2.75, 3.05) is 26.4 Å². The number of ether oxygens (including phenoxy) is 3. The minimum absolute atomic E-state index is 0.0258. The first kappa shape index (κ1) is 20.0. The molecule has 0 atom stereocenters. The van der Waals surface area contributed by atoms with Gasteiger partial charge in [0.25, 0.3) is 11.6 Å². The smallest absolute Gasteiger partial charge is 0.379 e. The average molecular weight is 370 g/mol. The fourth-order valence-electron chi connectivity index (χ4n) is 2.03. The van der Waals surface area contributed by atoms with Crippen molar-refractivity contribution in [3.05, 3.63) is 71.8 Å². The van der Waals surface area contributed by atoms with Crippen LogP contribution in [-0.2, 0) is 23.8 Å². The van der Waals surface area contributed by atoms with Crippen LogP contribution >= 0.6 is 0 Å². The number of carbonyl (C=O) groups excluding carboxylic acids is 4. The Kier molecular flexibility index (Phi) is 7.87. The number of hydrogen-bond acceptors (Lipinski definition) is 7. The van der Waals surface area contributed by atoms with Crippen LogP contribution in [0.1, 0.15) is 20.7 Å². The number of esters is 2. The standard InChI is InChI=1S/C20H18O7/c21-17(15-7-3-1-4-8-15)19(23)26-13-11-25-12-14-27-20(24)18(22)16-9-5-2-6-10-16/h1-10H,11-14H2. The van der Waals surface area contributed by atoms with Gasteiger partial charge in [-0.1, -0.05) is 60.7 Å². The molecule has 140 valence electrons. The van der Waals surface area contributed by atoms with Gasteiger partial charge < -0.3 is 14.2 Å². The van der Waals surface area contributed by atoms with Gasteiger partial charge in [-0.05, 0) is 0 Å². The second kappa shape index (κ2) is 10.6. The topological polar surface area (TPSA) is 96.0 Å². The maximum absolute atomic E-state index is 11.8. The summed E-state index contributed by atoms with van der Waals surface area (Å²) in [5.41, 5.74) is 0.497. The van der Waals surface area contributed by atoms with Gasteiger partial charge in [0.05, 0.1) is 13.2 Å². The zero-order chi connectivity index (χ0) is 19.5. The summed E-state index contributed by atoms with van der Waals surface area (Å²) in [5, 5.41) is 0. The first-order valence-electron chi connectivity index (χ1n) is 8.20. The molecule has 7 nitrogen and oxygen atoms in total. The molecule has 0 aliphatic rings. The molecule has 0 N–H and O–H groups in total. The molecule has 2 aromatic carbocycles. The number of hydrogen-bond donors (Lipinski definition) is 0. The van der Waals surface area contributed by atoms with Gasteiger partial charge in [-0.2, -0.15) is 0 Å². The molecule has 0 saturated carbocycles. The van der Waals surface area contributed by atoms with Gasteiger partial charge >= 0.3 is 11.9 Å². The van der Waals surface area contributed by atoms with Crippen LogP contribution in [-0.4, -0.2) is 49.9 Å². The normalized spacial score (nSPS) is 10.1. The van der Waals surface area contributed by atoms with Crippen LogP contribution < -0.4 is 0 Å². The predicted octanol–water partition coefficient (Wildman–Crippen LogP) is 1.86. The fourth-order valence-corrected chi connectivity index (χ4v) is 2.03. The predicted molar refractivity (Wildman–Crippen MR) is 94.3 cm³/mol. The molecule has 0 spiro atoms. The van der Waals surface area contributed by atoms with Crippen LogP contribution in [0.3, 0.4) is 0 Å². The molecule has 0 aromatic heterocycles. The lowest BCUT2D eigenvalue weighted by atomic mass is 10.1. The lowest BCUT2D eigenvalue weighted by molar-refractivity contribution is -0.141. The quantitative estimate of drug-likeness (QED) is 0.273. The number of Topliss-reactive ketones (excluding diaryl/α,β-unsaturated/α-hetero) is 2. The third-order valence-corrected chi connectivity index (χ3v) is 3.36. The van der Waals surface area contributed by atoms with Crippen molar-refractivity contribution in [2.45, 2.75) is 0 Å². The van der Waals surface area contributed by atoms with Crippen LogP contribution in [0.25, 0.3) is 0 Å². The van der Waals surface area contributed by atoms with E-state index < -0.39 is 23.5 Å². The molecular weight excluding hydrogens is 352 g/mol. The van der Waals surface area contributed by atoms with Crippen molar-refractivity contribution in [2.24, 2.45) is 0 Å². The molecule has 0 saturated heterocycles. The van der Waals surface area contributed by atoms with Gasteiger partial charge in [0, 0.05) is 11.1 Å². The molecule has 0 amide bonds. The summed E-state index contributed by atoms with van der Waals surface area (Å²) in [7, 11) is 0. The minimum atomic E-state index is -0.968. The molecule has 0 unspecified atom stereocenters. The lowest BCUT2D eigenvalue weighted by Crippen LogP contribution is -2.22. The summed E-state index contributed by atoms with van der Waals surface area (Å²) >= 11 is 0. The van der Waals surface area contributed by atoms with E-state index in [0.29, 0.717) is 0 Å². The first-order valence-corrected chi connectivity index (χ1v) is 8.20. The van der Waals surface area contributed by atoms with Crippen LogP contribution in [0.5, 0.6) is 0 Å². The third kappa shape index (κ3) is 6.48. The fraction of sp³-hybridized carbons (Fsp3) is 0.200. The highest BCUT2D eigenvalue weighted by Crippen LogP contribution is 2.02. The Labute approximate surface area is 155 Å². The largest absolute Gasteiger partial charge is 0.457 e. The Morgan fingerprint density at radius 3 is 1.30 bits per heavy atom. The maximum Gasteiger partial charge on any atom is 0.379 e. The van der Waals surface area contributed by atoms with Gasteiger partial charge in [-0.15, -0.1) is 0 Å². The summed E-state index contributed by atoms with van der Waals surface area (Å²) < 4.78 is 14.7. The molecule has 0 aliphatic heterocycles. The van der Waals surface area contributed by atoms with E-state index in [2.05, 4.69) is 0 Å². The SMILES string of the molecule is O=C(OCCOCCOC(=O)C(=O)c1ccccc1)C(=O)c1ccccc1. The molecule has 0 bridgehead atoms. The van der Waals surface area contributed by atoms with E-state index >= 15 is 0 Å². The highest BCUT2D eigenvalue weighted by Gasteiger charge is 2.18. The zero-order valence-corrected chi connectivity index (χ0v) is 14.5. The Morgan fingerprint density at radius 1 is 0.556 bits per heavy atom. The van der Waals surface area contributed by atoms with E-state index in [0.717, 1.165) is 0 Å². The summed E-state index contributed by atoms with van der Waals surface area (Å²) in [6.07, 6.45) is 0. The third-order valence-electron chi connectivity index (χ3n) is 3.36. The van der Waals surface area contributed by atoms with Crippen LogP contribution in [0.15, 0.2) is 60.7 Å². The van der Waals surface area contributed by atoms with Crippen molar-refractivity contribution < 1.29 is 33.4 Å². The Hall–Kier alpha value is -3.32. The second-order valence-electron chi connectivity index (χ2n) is 5.27. The van der Waals surface area contributed by atoms with E-state index in [4.69, 9.17) is 14.2 Å². The number of ketones is 2. The number of carbonyl (C=O) groups is 4. The van der Waals surface area contributed by atoms with E-state index in [1.807, 2.05) is 0 Å². The summed E-state index contributed by atoms with van der Waals surface area (Å²) in [5.74, 6) is -3.40. The van der Waals surface area contributed by atoms with E-state index in [1.54, 1.807) is 36.4 Å². The lowest BCUT2D eigenvalue weighted by Gasteiger charge is -2.06. The molecule has 0 fully saturated rings. The summed E-state index contributed by atoms with van der Waals surface area (Å²) in [4.78, 5) is 46.7. The van der Waals surface area contributed by atoms with Gasteiger partial charge in [0.15, 0.2) is 0 Å². The number of rotatable bonds is 10. The zero-order valence-electron chi connectivity index (χ0n) is 14.5. The van der Waals surface area contributed by atoms with Crippen molar-refractivity contribution >= 4 is 23.5 Å². The Bertz CT molecular complexity index is 717. The molecule has 0 heterocycles. The summed E-state index contributed by atoms with van der Waals surface area (Å²) in [6.45, 7) is -0.182. The Balaban J connectivity index is 1.57. The molecular formula is C20H18O7. The van der Waals surface area contributed by atoms with Gasteiger partial charge in [-0.25, -0.2) is 9.59 Å². The van der Waals surface area contributed by atoms with E-state index in [-0.39, 0.29) is 37.6 Å². The second-order valence-corrected chi connectivity index (χ2v) is 5.27. The molecule has 7 heteroatoms. The summed E-state index contributed by atoms with van der Waals surface area (Å²) in [6, 6.07) is 16.1. The van der Waals surface area contributed by atoms with Crippen molar-refractivity contribution in [1.29, 1.82) is 0 Å². The van der Waals surface area contributed by atoms with Crippen LogP contribution in [0.4, 0.5) is 0 Å². The molecule has 2 rings (SSSR count). The molecule has 0 radical (unpaired) electrons. The highest BCUT2D eigenvalue weighted by atomic mass is 16.6.